The molecule has 0 aromatic carbocycles. The van der Waals surface area contributed by atoms with Crippen molar-refractivity contribution in [2.75, 3.05) is 19.6 Å². The second-order valence-electron chi connectivity index (χ2n) is 4.00. The summed E-state index contributed by atoms with van der Waals surface area (Å²) in [5.74, 6) is -0.630. The van der Waals surface area contributed by atoms with Gasteiger partial charge < -0.3 is 10.2 Å². The van der Waals surface area contributed by atoms with Crippen LogP contribution in [-0.4, -0.2) is 41.5 Å². The van der Waals surface area contributed by atoms with Crippen LogP contribution in [0.5, 0.6) is 0 Å². The Bertz CT molecular complexity index is 397. The zero-order valence-corrected chi connectivity index (χ0v) is 9.11. The van der Waals surface area contributed by atoms with E-state index in [1.807, 2.05) is 6.92 Å². The minimum absolute atomic E-state index is 0.152. The minimum atomic E-state index is -0.478. The fourth-order valence-electron chi connectivity index (χ4n) is 1.83. The molecule has 1 amide bonds. The summed E-state index contributed by atoms with van der Waals surface area (Å²) in [6.07, 6.45) is 2.50. The van der Waals surface area contributed by atoms with Crippen molar-refractivity contribution in [3.63, 3.8) is 0 Å². The quantitative estimate of drug-likeness (QED) is 0.760. The molecule has 16 heavy (non-hydrogen) atoms. The van der Waals surface area contributed by atoms with Gasteiger partial charge in [-0.1, -0.05) is 0 Å². The zero-order chi connectivity index (χ0) is 11.5. The van der Waals surface area contributed by atoms with Crippen LogP contribution in [0.1, 0.15) is 17.3 Å². The predicted octanol–water partition coefficient (Wildman–Crippen LogP) is 0.655. The van der Waals surface area contributed by atoms with Gasteiger partial charge in [-0.25, -0.2) is 4.39 Å². The van der Waals surface area contributed by atoms with Crippen molar-refractivity contribution in [3.05, 3.63) is 29.8 Å². The van der Waals surface area contributed by atoms with E-state index in [4.69, 9.17) is 0 Å². The van der Waals surface area contributed by atoms with E-state index < -0.39 is 5.82 Å². The lowest BCUT2D eigenvalue weighted by Crippen LogP contribution is -2.51. The number of hydrogen-bond donors (Lipinski definition) is 1. The van der Waals surface area contributed by atoms with Gasteiger partial charge in [-0.15, -0.1) is 0 Å². The number of halogens is 1. The molecule has 1 atom stereocenters. The van der Waals surface area contributed by atoms with Crippen molar-refractivity contribution in [3.8, 4) is 0 Å². The molecule has 5 heteroatoms. The Morgan fingerprint density at radius 1 is 1.62 bits per heavy atom. The summed E-state index contributed by atoms with van der Waals surface area (Å²) in [6.45, 7) is 4.09. The Kier molecular flexibility index (Phi) is 3.14. The molecule has 1 N–H and O–H groups in total. The third kappa shape index (κ3) is 2.36. The molecular weight excluding hydrogens is 209 g/mol. The van der Waals surface area contributed by atoms with Crippen LogP contribution in [0.15, 0.2) is 18.5 Å². The Labute approximate surface area is 93.5 Å². The summed E-state index contributed by atoms with van der Waals surface area (Å²) in [5.41, 5.74) is 0.314. The topological polar surface area (TPSA) is 45.2 Å². The molecule has 1 aliphatic rings. The van der Waals surface area contributed by atoms with Crippen molar-refractivity contribution < 1.29 is 9.18 Å². The van der Waals surface area contributed by atoms with E-state index in [2.05, 4.69) is 10.3 Å². The van der Waals surface area contributed by atoms with Gasteiger partial charge in [0.2, 0.25) is 0 Å². The van der Waals surface area contributed by atoms with Gasteiger partial charge in [0, 0.05) is 31.9 Å². The van der Waals surface area contributed by atoms with Crippen molar-refractivity contribution >= 4 is 5.91 Å². The zero-order valence-electron chi connectivity index (χ0n) is 9.11. The van der Waals surface area contributed by atoms with Crippen LogP contribution in [0.2, 0.25) is 0 Å². The number of aromatic nitrogens is 1. The number of carbonyl (C=O) groups excluding carboxylic acids is 1. The molecule has 1 aliphatic heterocycles. The SMILES string of the molecule is C[C@H]1CN(C(=O)c2cncc(F)c2)CCN1. The lowest BCUT2D eigenvalue weighted by Gasteiger charge is -2.31. The van der Waals surface area contributed by atoms with Crippen molar-refractivity contribution in [1.82, 2.24) is 15.2 Å². The smallest absolute Gasteiger partial charge is 0.255 e. The van der Waals surface area contributed by atoms with Gasteiger partial charge in [0.1, 0.15) is 5.82 Å². The van der Waals surface area contributed by atoms with E-state index in [9.17, 15) is 9.18 Å². The molecule has 2 heterocycles. The number of carbonyl (C=O) groups is 1. The van der Waals surface area contributed by atoms with Gasteiger partial charge in [0.25, 0.3) is 5.91 Å². The van der Waals surface area contributed by atoms with Gasteiger partial charge >= 0.3 is 0 Å². The largest absolute Gasteiger partial charge is 0.336 e. The molecule has 0 saturated carbocycles. The van der Waals surface area contributed by atoms with Gasteiger partial charge in [-0.3, -0.25) is 9.78 Å². The fraction of sp³-hybridized carbons (Fsp3) is 0.455. The number of rotatable bonds is 1. The van der Waals surface area contributed by atoms with Crippen LogP contribution < -0.4 is 5.32 Å². The Morgan fingerprint density at radius 3 is 3.12 bits per heavy atom. The maximum atomic E-state index is 12.9. The Balaban J connectivity index is 2.12. The monoisotopic (exact) mass is 223 g/mol. The number of nitrogens with one attached hydrogen (secondary N) is 1. The second-order valence-corrected chi connectivity index (χ2v) is 4.00. The standard InChI is InChI=1S/C11H14FN3O/c1-8-7-15(3-2-14-8)11(16)9-4-10(12)6-13-5-9/h4-6,8,14H,2-3,7H2,1H3/t8-/m0/s1. The van der Waals surface area contributed by atoms with Crippen LogP contribution in [0.4, 0.5) is 4.39 Å². The molecule has 2 rings (SSSR count). The summed E-state index contributed by atoms with van der Waals surface area (Å²) in [4.78, 5) is 17.4. The first kappa shape index (κ1) is 11.0. The molecule has 1 fully saturated rings. The number of amides is 1. The molecule has 4 nitrogen and oxygen atoms in total. The summed E-state index contributed by atoms with van der Waals surface area (Å²) in [7, 11) is 0. The van der Waals surface area contributed by atoms with Crippen LogP contribution >= 0.6 is 0 Å². The number of nitrogens with zero attached hydrogens (tertiary/aromatic N) is 2. The maximum absolute atomic E-state index is 12.9. The molecule has 0 aliphatic carbocycles. The Hall–Kier alpha value is -1.49. The van der Waals surface area contributed by atoms with Crippen LogP contribution in [0.3, 0.4) is 0 Å². The van der Waals surface area contributed by atoms with Crippen LogP contribution in [0.25, 0.3) is 0 Å². The van der Waals surface area contributed by atoms with Crippen LogP contribution in [0, 0.1) is 5.82 Å². The van der Waals surface area contributed by atoms with E-state index >= 15 is 0 Å². The van der Waals surface area contributed by atoms with Gasteiger partial charge in [-0.2, -0.15) is 0 Å². The van der Waals surface area contributed by atoms with E-state index in [1.165, 1.54) is 12.3 Å². The first-order valence-electron chi connectivity index (χ1n) is 5.30. The first-order chi connectivity index (χ1) is 7.66. The third-order valence-electron chi connectivity index (χ3n) is 2.61. The van der Waals surface area contributed by atoms with Crippen molar-refractivity contribution in [2.45, 2.75) is 13.0 Å². The molecule has 0 unspecified atom stereocenters. The molecule has 0 spiro atoms. The van der Waals surface area contributed by atoms with Gasteiger partial charge in [-0.05, 0) is 13.0 Å². The fourth-order valence-corrected chi connectivity index (χ4v) is 1.83. The first-order valence-corrected chi connectivity index (χ1v) is 5.30. The highest BCUT2D eigenvalue weighted by molar-refractivity contribution is 5.94. The molecule has 1 saturated heterocycles. The van der Waals surface area contributed by atoms with E-state index in [1.54, 1.807) is 4.90 Å². The highest BCUT2D eigenvalue weighted by Gasteiger charge is 2.21. The predicted molar refractivity (Wildman–Crippen MR) is 57.6 cm³/mol. The summed E-state index contributed by atoms with van der Waals surface area (Å²) < 4.78 is 12.9. The lowest BCUT2D eigenvalue weighted by atomic mass is 10.2. The summed E-state index contributed by atoms with van der Waals surface area (Å²) >= 11 is 0. The lowest BCUT2D eigenvalue weighted by molar-refractivity contribution is 0.0708. The second kappa shape index (κ2) is 4.57. The molecule has 0 bridgehead atoms. The number of pyridine rings is 1. The normalized spacial score (nSPS) is 20.9. The van der Waals surface area contributed by atoms with Gasteiger partial charge in [0.15, 0.2) is 0 Å². The van der Waals surface area contributed by atoms with E-state index in [-0.39, 0.29) is 11.9 Å². The van der Waals surface area contributed by atoms with Crippen molar-refractivity contribution in [1.29, 1.82) is 0 Å². The molecule has 1 aromatic heterocycles. The highest BCUT2D eigenvalue weighted by Crippen LogP contribution is 2.08. The molecule has 0 radical (unpaired) electrons. The van der Waals surface area contributed by atoms with Gasteiger partial charge in [0.05, 0.1) is 11.8 Å². The Morgan fingerprint density at radius 2 is 2.44 bits per heavy atom. The summed E-state index contributed by atoms with van der Waals surface area (Å²) in [5, 5.41) is 3.25. The highest BCUT2D eigenvalue weighted by atomic mass is 19.1. The maximum Gasteiger partial charge on any atom is 0.255 e. The summed E-state index contributed by atoms with van der Waals surface area (Å²) in [6, 6.07) is 1.50. The number of hydrogen-bond acceptors (Lipinski definition) is 3. The molecule has 86 valence electrons. The minimum Gasteiger partial charge on any atom is -0.336 e. The molecular formula is C11H14FN3O. The number of piperazine rings is 1. The van der Waals surface area contributed by atoms with Crippen molar-refractivity contribution in [2.24, 2.45) is 0 Å². The third-order valence-corrected chi connectivity index (χ3v) is 2.61. The van der Waals surface area contributed by atoms with E-state index in [0.29, 0.717) is 18.7 Å². The average Bonchev–Trinajstić information content (AvgIpc) is 2.28. The molecule has 1 aromatic rings. The van der Waals surface area contributed by atoms with E-state index in [0.717, 1.165) is 12.7 Å². The average molecular weight is 223 g/mol. The van der Waals surface area contributed by atoms with Crippen LogP contribution in [-0.2, 0) is 0 Å².